The molecular formula is C21H30N4O2S. The van der Waals surface area contributed by atoms with E-state index in [4.69, 9.17) is 0 Å². The molecule has 1 aromatic heterocycles. The quantitative estimate of drug-likeness (QED) is 0.771. The maximum Gasteiger partial charge on any atom is 0.245 e. The molecule has 0 aliphatic carbocycles. The summed E-state index contributed by atoms with van der Waals surface area (Å²) in [6.45, 7) is 10.0. The van der Waals surface area contributed by atoms with E-state index in [2.05, 4.69) is 37.0 Å². The second kappa shape index (κ2) is 7.19. The fourth-order valence-corrected chi connectivity index (χ4v) is 7.09. The number of fused-ring (bicyclic) bond motifs is 2. The third-order valence-corrected chi connectivity index (χ3v) is 8.60. The lowest BCUT2D eigenvalue weighted by Crippen LogP contribution is -2.48. The van der Waals surface area contributed by atoms with Crippen molar-refractivity contribution in [3.05, 3.63) is 47.8 Å². The van der Waals surface area contributed by atoms with Crippen LogP contribution in [0, 0.1) is 5.92 Å². The van der Waals surface area contributed by atoms with Crippen LogP contribution < -0.4 is 4.31 Å². The zero-order valence-electron chi connectivity index (χ0n) is 17.0. The number of para-hydroxylation sites is 1. The Bertz CT molecular complexity index is 943. The molecule has 0 bridgehead atoms. The molecule has 7 heteroatoms. The van der Waals surface area contributed by atoms with Crippen LogP contribution in [0.2, 0.25) is 0 Å². The highest BCUT2D eigenvalue weighted by Gasteiger charge is 2.56. The highest BCUT2D eigenvalue weighted by Crippen LogP contribution is 2.52. The number of anilines is 1. The van der Waals surface area contributed by atoms with E-state index in [0.29, 0.717) is 19.4 Å². The third kappa shape index (κ3) is 3.05. The minimum atomic E-state index is -3.41. The highest BCUT2D eigenvalue weighted by atomic mass is 32.2. The summed E-state index contributed by atoms with van der Waals surface area (Å²) in [6.07, 6.45) is 5.28. The van der Waals surface area contributed by atoms with Gasteiger partial charge in [-0.1, -0.05) is 32.0 Å². The average molecular weight is 403 g/mol. The second-order valence-electron chi connectivity index (χ2n) is 8.42. The molecule has 3 heterocycles. The lowest BCUT2D eigenvalue weighted by molar-refractivity contribution is 0.189. The van der Waals surface area contributed by atoms with Gasteiger partial charge in [0.1, 0.15) is 4.75 Å². The highest BCUT2D eigenvalue weighted by molar-refractivity contribution is 7.94. The van der Waals surface area contributed by atoms with Crippen molar-refractivity contribution >= 4 is 15.7 Å². The molecule has 6 nitrogen and oxygen atoms in total. The summed E-state index contributed by atoms with van der Waals surface area (Å²) in [5, 5.41) is 4.35. The van der Waals surface area contributed by atoms with Crippen molar-refractivity contribution in [1.29, 1.82) is 0 Å². The van der Waals surface area contributed by atoms with Crippen LogP contribution in [0.4, 0.5) is 5.69 Å². The molecule has 1 saturated heterocycles. The number of aromatic nitrogens is 2. The maximum atomic E-state index is 13.7. The smallest absolute Gasteiger partial charge is 0.245 e. The van der Waals surface area contributed by atoms with Crippen molar-refractivity contribution in [2.75, 3.05) is 23.9 Å². The summed E-state index contributed by atoms with van der Waals surface area (Å²) < 4.78 is 30.2. The topological polar surface area (TPSA) is 58.4 Å². The number of likely N-dealkylation sites (tertiary alicyclic amines) is 1. The number of hydrogen-bond donors (Lipinski definition) is 0. The van der Waals surface area contributed by atoms with E-state index in [0.717, 1.165) is 37.4 Å². The Morgan fingerprint density at radius 1 is 1.18 bits per heavy atom. The van der Waals surface area contributed by atoms with Gasteiger partial charge in [-0.3, -0.25) is 13.9 Å². The zero-order valence-corrected chi connectivity index (χ0v) is 17.8. The van der Waals surface area contributed by atoms with Gasteiger partial charge in [-0.25, -0.2) is 8.42 Å². The van der Waals surface area contributed by atoms with Gasteiger partial charge in [0.05, 0.1) is 11.9 Å². The Kier molecular flexibility index (Phi) is 5.00. The fraction of sp³-hybridized carbons (Fsp3) is 0.571. The molecule has 0 N–H and O–H groups in total. The molecule has 0 atom stereocenters. The summed E-state index contributed by atoms with van der Waals surface area (Å²) in [7, 11) is -3.41. The van der Waals surface area contributed by atoms with Crippen LogP contribution >= 0.6 is 0 Å². The number of nitrogens with zero attached hydrogens (tertiary/aromatic N) is 4. The minimum Gasteiger partial charge on any atom is -0.299 e. The van der Waals surface area contributed by atoms with Gasteiger partial charge >= 0.3 is 0 Å². The molecule has 152 valence electrons. The zero-order chi connectivity index (χ0) is 19.9. The van der Waals surface area contributed by atoms with Crippen LogP contribution in [-0.4, -0.2) is 42.7 Å². The molecule has 0 unspecified atom stereocenters. The van der Waals surface area contributed by atoms with Gasteiger partial charge in [-0.15, -0.1) is 0 Å². The molecule has 0 saturated carbocycles. The van der Waals surface area contributed by atoms with Crippen molar-refractivity contribution in [1.82, 2.24) is 14.7 Å². The molecule has 2 aliphatic heterocycles. The first-order valence-electron chi connectivity index (χ1n) is 10.2. The predicted molar refractivity (Wildman–Crippen MR) is 112 cm³/mol. The first kappa shape index (κ1) is 19.5. The average Bonchev–Trinajstić information content (AvgIpc) is 3.19. The van der Waals surface area contributed by atoms with Crippen molar-refractivity contribution in [3.8, 4) is 0 Å². The van der Waals surface area contributed by atoms with Gasteiger partial charge in [0.25, 0.3) is 0 Å². The van der Waals surface area contributed by atoms with Gasteiger partial charge in [0.15, 0.2) is 0 Å². The Labute approximate surface area is 168 Å². The van der Waals surface area contributed by atoms with Crippen molar-refractivity contribution in [2.24, 2.45) is 5.92 Å². The van der Waals surface area contributed by atoms with Crippen LogP contribution in [0.25, 0.3) is 0 Å². The second-order valence-corrected chi connectivity index (χ2v) is 10.6. The lowest BCUT2D eigenvalue weighted by Gasteiger charge is -2.39. The van der Waals surface area contributed by atoms with Gasteiger partial charge in [0.2, 0.25) is 10.0 Å². The molecule has 0 radical (unpaired) electrons. The molecule has 28 heavy (non-hydrogen) atoms. The van der Waals surface area contributed by atoms with E-state index in [-0.39, 0.29) is 5.92 Å². The summed E-state index contributed by atoms with van der Waals surface area (Å²) in [5.74, 6) is 0.285. The minimum absolute atomic E-state index is 0.285. The predicted octanol–water partition coefficient (Wildman–Crippen LogP) is 3.20. The van der Waals surface area contributed by atoms with Crippen LogP contribution in [0.3, 0.4) is 0 Å². The normalized spacial score (nSPS) is 20.8. The standard InChI is InChI=1S/C21H30N4O2S/c1-4-24-16-18(13-22-24)15-23-11-9-21(10-12-23)19-7-5-6-8-20(19)25(14-17(2)3)28(21,26)27/h5-8,13,16-17H,4,9-12,14-15H2,1-3H3. The van der Waals surface area contributed by atoms with Crippen LogP contribution in [0.5, 0.6) is 0 Å². The monoisotopic (exact) mass is 402 g/mol. The van der Waals surface area contributed by atoms with Crippen LogP contribution in [-0.2, 0) is 27.9 Å². The molecule has 0 amide bonds. The molecule has 2 aromatic rings. The van der Waals surface area contributed by atoms with E-state index >= 15 is 0 Å². The molecule has 1 fully saturated rings. The van der Waals surface area contributed by atoms with Gasteiger partial charge in [0, 0.05) is 44.5 Å². The Balaban J connectivity index is 1.58. The fourth-order valence-electron chi connectivity index (χ4n) is 4.60. The Hall–Kier alpha value is -1.86. The van der Waals surface area contributed by atoms with E-state index in [9.17, 15) is 8.42 Å². The molecular weight excluding hydrogens is 372 g/mol. The number of hydrogen-bond acceptors (Lipinski definition) is 4. The Morgan fingerprint density at radius 2 is 1.89 bits per heavy atom. The van der Waals surface area contributed by atoms with E-state index in [1.54, 1.807) is 4.31 Å². The van der Waals surface area contributed by atoms with Crippen LogP contribution in [0.1, 0.15) is 44.7 Å². The first-order valence-corrected chi connectivity index (χ1v) is 11.7. The van der Waals surface area contributed by atoms with Crippen molar-refractivity contribution < 1.29 is 8.42 Å². The largest absolute Gasteiger partial charge is 0.299 e. The van der Waals surface area contributed by atoms with E-state index < -0.39 is 14.8 Å². The van der Waals surface area contributed by atoms with E-state index in [1.807, 2.05) is 35.1 Å². The SMILES string of the molecule is CCn1cc(CN2CCC3(CC2)c2ccccc2N(CC(C)C)S3(=O)=O)cn1. The summed E-state index contributed by atoms with van der Waals surface area (Å²) in [4.78, 5) is 2.35. The lowest BCUT2D eigenvalue weighted by atomic mass is 9.87. The summed E-state index contributed by atoms with van der Waals surface area (Å²) in [6, 6.07) is 7.91. The van der Waals surface area contributed by atoms with Gasteiger partial charge in [-0.2, -0.15) is 5.10 Å². The summed E-state index contributed by atoms with van der Waals surface area (Å²) >= 11 is 0. The molecule has 1 aromatic carbocycles. The molecule has 2 aliphatic rings. The maximum absolute atomic E-state index is 13.7. The van der Waals surface area contributed by atoms with E-state index in [1.165, 1.54) is 5.56 Å². The molecule has 1 spiro atoms. The van der Waals surface area contributed by atoms with Crippen molar-refractivity contribution in [3.63, 3.8) is 0 Å². The number of aryl methyl sites for hydroxylation is 1. The molecule has 4 rings (SSSR count). The van der Waals surface area contributed by atoms with Gasteiger partial charge in [-0.05, 0) is 37.3 Å². The number of sulfonamides is 1. The van der Waals surface area contributed by atoms with Crippen LogP contribution in [0.15, 0.2) is 36.7 Å². The summed E-state index contributed by atoms with van der Waals surface area (Å²) in [5.41, 5.74) is 3.07. The third-order valence-electron chi connectivity index (χ3n) is 6.06. The van der Waals surface area contributed by atoms with Gasteiger partial charge < -0.3 is 0 Å². The van der Waals surface area contributed by atoms with Crippen molar-refractivity contribution in [2.45, 2.75) is 51.4 Å². The number of rotatable bonds is 5. The Morgan fingerprint density at radius 3 is 2.54 bits per heavy atom. The number of piperidine rings is 1. The first-order chi connectivity index (χ1) is 13.4. The number of benzene rings is 1.